The van der Waals surface area contributed by atoms with Gasteiger partial charge >= 0.3 is 0 Å². The number of rotatable bonds is 9. The van der Waals surface area contributed by atoms with Crippen LogP contribution in [0.15, 0.2) is 23.1 Å². The fraction of sp³-hybridized carbons (Fsp3) is 0.571. The molecule has 0 radical (unpaired) electrons. The van der Waals surface area contributed by atoms with Crippen molar-refractivity contribution in [2.75, 3.05) is 20.3 Å². The molecule has 21 heavy (non-hydrogen) atoms. The molecule has 0 spiro atoms. The summed E-state index contributed by atoms with van der Waals surface area (Å²) in [6.07, 6.45) is 0.622. The molecule has 1 aromatic rings. The van der Waals surface area contributed by atoms with Gasteiger partial charge in [0.15, 0.2) is 0 Å². The van der Waals surface area contributed by atoms with E-state index in [0.717, 1.165) is 0 Å². The van der Waals surface area contributed by atoms with Crippen molar-refractivity contribution in [3.8, 4) is 5.75 Å². The van der Waals surface area contributed by atoms with Gasteiger partial charge in [0.2, 0.25) is 10.0 Å². The zero-order valence-electron chi connectivity index (χ0n) is 12.6. The quantitative estimate of drug-likeness (QED) is 0.717. The maximum absolute atomic E-state index is 12.3. The molecule has 0 aliphatic carbocycles. The van der Waals surface area contributed by atoms with Gasteiger partial charge in [-0.05, 0) is 31.5 Å². The Morgan fingerprint density at radius 1 is 1.33 bits per heavy atom. The number of aliphatic hydroxyl groups excluding tert-OH is 1. The third kappa shape index (κ3) is 4.96. The van der Waals surface area contributed by atoms with Crippen molar-refractivity contribution in [2.24, 2.45) is 0 Å². The van der Waals surface area contributed by atoms with Crippen LogP contribution in [-0.4, -0.2) is 39.9 Å². The largest absolute Gasteiger partial charge is 0.494 e. The molecule has 0 aliphatic rings. The van der Waals surface area contributed by atoms with E-state index in [1.165, 1.54) is 19.2 Å². The predicted octanol–water partition coefficient (Wildman–Crippen LogP) is 1.28. The van der Waals surface area contributed by atoms with Gasteiger partial charge in [-0.2, -0.15) is 0 Å². The maximum Gasteiger partial charge on any atom is 0.240 e. The van der Waals surface area contributed by atoms with Gasteiger partial charge < -0.3 is 14.6 Å². The molecular formula is C14H23NO5S. The van der Waals surface area contributed by atoms with E-state index in [4.69, 9.17) is 9.47 Å². The van der Waals surface area contributed by atoms with E-state index < -0.39 is 10.0 Å². The van der Waals surface area contributed by atoms with Gasteiger partial charge in [-0.1, -0.05) is 6.92 Å². The van der Waals surface area contributed by atoms with Gasteiger partial charge in [0, 0.05) is 18.7 Å². The van der Waals surface area contributed by atoms with Gasteiger partial charge in [-0.3, -0.25) is 0 Å². The lowest BCUT2D eigenvalue weighted by molar-refractivity contribution is 0.173. The number of methoxy groups -OCH3 is 1. The molecule has 120 valence electrons. The Bertz CT molecular complexity index is 544. The number of hydrogen-bond donors (Lipinski definition) is 2. The molecule has 0 aliphatic heterocycles. The number of aliphatic hydroxyl groups is 1. The lowest BCUT2D eigenvalue weighted by atomic mass is 10.2. The molecule has 0 aromatic heterocycles. The highest BCUT2D eigenvalue weighted by Gasteiger charge is 2.20. The van der Waals surface area contributed by atoms with Crippen LogP contribution in [0.4, 0.5) is 0 Å². The van der Waals surface area contributed by atoms with Gasteiger partial charge in [0.05, 0.1) is 24.7 Å². The van der Waals surface area contributed by atoms with E-state index >= 15 is 0 Å². The SMILES string of the molecule is CCOc1ccc(S(=O)(=O)NC(CC)COC)cc1CO. The van der Waals surface area contributed by atoms with Crippen LogP contribution in [0.3, 0.4) is 0 Å². The second-order valence-corrected chi connectivity index (χ2v) is 6.26. The Balaban J connectivity index is 3.02. The molecule has 1 unspecified atom stereocenters. The molecule has 2 N–H and O–H groups in total. The average Bonchev–Trinajstić information content (AvgIpc) is 2.47. The highest BCUT2D eigenvalue weighted by Crippen LogP contribution is 2.23. The first-order valence-corrected chi connectivity index (χ1v) is 8.34. The summed E-state index contributed by atoms with van der Waals surface area (Å²) in [5, 5.41) is 9.33. The second kappa shape index (κ2) is 8.33. The number of nitrogens with one attached hydrogen (secondary N) is 1. The molecule has 0 saturated heterocycles. The fourth-order valence-corrected chi connectivity index (χ4v) is 3.22. The second-order valence-electron chi connectivity index (χ2n) is 4.54. The molecule has 0 bridgehead atoms. The first-order chi connectivity index (χ1) is 9.98. The van der Waals surface area contributed by atoms with E-state index in [-0.39, 0.29) is 17.5 Å². The topological polar surface area (TPSA) is 84.9 Å². The van der Waals surface area contributed by atoms with E-state index in [1.54, 1.807) is 6.07 Å². The minimum Gasteiger partial charge on any atom is -0.494 e. The van der Waals surface area contributed by atoms with Crippen LogP contribution >= 0.6 is 0 Å². The van der Waals surface area contributed by atoms with Gasteiger partial charge in [-0.15, -0.1) is 0 Å². The zero-order valence-corrected chi connectivity index (χ0v) is 13.4. The lowest BCUT2D eigenvalue weighted by Crippen LogP contribution is -2.37. The van der Waals surface area contributed by atoms with Crippen LogP contribution in [0.2, 0.25) is 0 Å². The van der Waals surface area contributed by atoms with Crippen molar-refractivity contribution in [1.82, 2.24) is 4.72 Å². The fourth-order valence-electron chi connectivity index (χ4n) is 1.87. The zero-order chi connectivity index (χ0) is 15.9. The monoisotopic (exact) mass is 317 g/mol. The Hall–Kier alpha value is -1.15. The van der Waals surface area contributed by atoms with Crippen LogP contribution in [0.25, 0.3) is 0 Å². The third-order valence-electron chi connectivity index (χ3n) is 2.99. The van der Waals surface area contributed by atoms with Crippen molar-refractivity contribution in [2.45, 2.75) is 37.8 Å². The highest BCUT2D eigenvalue weighted by atomic mass is 32.2. The van der Waals surface area contributed by atoms with Crippen LogP contribution in [-0.2, 0) is 21.4 Å². The Morgan fingerprint density at radius 3 is 2.57 bits per heavy atom. The third-order valence-corrected chi connectivity index (χ3v) is 4.51. The van der Waals surface area contributed by atoms with E-state index in [2.05, 4.69) is 4.72 Å². The average molecular weight is 317 g/mol. The van der Waals surface area contributed by atoms with Crippen molar-refractivity contribution >= 4 is 10.0 Å². The lowest BCUT2D eigenvalue weighted by Gasteiger charge is -2.17. The summed E-state index contributed by atoms with van der Waals surface area (Å²) in [7, 11) is -2.13. The van der Waals surface area contributed by atoms with Gasteiger partial charge in [0.1, 0.15) is 5.75 Å². The van der Waals surface area contributed by atoms with Gasteiger partial charge in [-0.25, -0.2) is 13.1 Å². The molecular weight excluding hydrogens is 294 g/mol. The van der Waals surface area contributed by atoms with Crippen LogP contribution in [0.5, 0.6) is 5.75 Å². The molecule has 7 heteroatoms. The van der Waals surface area contributed by atoms with Crippen molar-refractivity contribution in [3.05, 3.63) is 23.8 Å². The standard InChI is InChI=1S/C14H23NO5S/c1-4-12(10-19-3)15-21(17,18)13-6-7-14(20-5-2)11(8-13)9-16/h6-8,12,15-16H,4-5,9-10H2,1-3H3. The Kier molecular flexibility index (Phi) is 7.10. The number of ether oxygens (including phenoxy) is 2. The summed E-state index contributed by atoms with van der Waals surface area (Å²) in [6, 6.07) is 4.16. The molecule has 1 rings (SSSR count). The molecule has 0 heterocycles. The highest BCUT2D eigenvalue weighted by molar-refractivity contribution is 7.89. The summed E-state index contributed by atoms with van der Waals surface area (Å²) < 4.78 is 37.6. The van der Waals surface area contributed by atoms with Crippen LogP contribution < -0.4 is 9.46 Å². The number of hydrogen-bond acceptors (Lipinski definition) is 5. The van der Waals surface area contributed by atoms with Crippen molar-refractivity contribution < 1.29 is 23.0 Å². The van der Waals surface area contributed by atoms with Crippen LogP contribution in [0, 0.1) is 0 Å². The van der Waals surface area contributed by atoms with Crippen LogP contribution in [0.1, 0.15) is 25.8 Å². The number of benzene rings is 1. The minimum atomic E-state index is -3.65. The smallest absolute Gasteiger partial charge is 0.240 e. The van der Waals surface area contributed by atoms with Crippen molar-refractivity contribution in [3.63, 3.8) is 0 Å². The van der Waals surface area contributed by atoms with Gasteiger partial charge in [0.25, 0.3) is 0 Å². The Morgan fingerprint density at radius 2 is 2.05 bits per heavy atom. The normalized spacial score (nSPS) is 13.1. The summed E-state index contributed by atoms with van der Waals surface area (Å²) in [6.45, 7) is 4.17. The van der Waals surface area contributed by atoms with E-state index in [1.807, 2.05) is 13.8 Å². The molecule has 0 fully saturated rings. The summed E-state index contributed by atoms with van der Waals surface area (Å²) in [5.74, 6) is 0.489. The first-order valence-electron chi connectivity index (χ1n) is 6.86. The molecule has 0 saturated carbocycles. The minimum absolute atomic E-state index is 0.101. The Labute approximate surface area is 126 Å². The summed E-state index contributed by atoms with van der Waals surface area (Å²) in [5.41, 5.74) is 0.444. The van der Waals surface area contributed by atoms with E-state index in [0.29, 0.717) is 30.9 Å². The first kappa shape index (κ1) is 17.9. The maximum atomic E-state index is 12.3. The molecule has 1 atom stereocenters. The molecule has 0 amide bonds. The predicted molar refractivity (Wildman–Crippen MR) is 79.8 cm³/mol. The van der Waals surface area contributed by atoms with E-state index in [9.17, 15) is 13.5 Å². The summed E-state index contributed by atoms with van der Waals surface area (Å²) in [4.78, 5) is 0.101. The molecule has 6 nitrogen and oxygen atoms in total. The van der Waals surface area contributed by atoms with Crippen molar-refractivity contribution in [1.29, 1.82) is 0 Å². The molecule has 1 aromatic carbocycles. The number of sulfonamides is 1. The summed E-state index contributed by atoms with van der Waals surface area (Å²) >= 11 is 0.